The Labute approximate surface area is 168 Å². The Morgan fingerprint density at radius 3 is 2.79 bits per heavy atom. The largest absolute Gasteiger partial charge is 0.485 e. The van der Waals surface area contributed by atoms with Crippen molar-refractivity contribution >= 4 is 39.8 Å². The van der Waals surface area contributed by atoms with E-state index in [1.807, 2.05) is 41.8 Å². The van der Waals surface area contributed by atoms with Gasteiger partial charge in [0.15, 0.2) is 11.5 Å². The molecule has 0 fully saturated rings. The van der Waals surface area contributed by atoms with E-state index in [2.05, 4.69) is 15.4 Å². The molecule has 1 aliphatic rings. The molecule has 4 aromatic rings. The van der Waals surface area contributed by atoms with Gasteiger partial charge in [-0.15, -0.1) is 16.4 Å². The van der Waals surface area contributed by atoms with Crippen molar-refractivity contribution < 1.29 is 14.3 Å². The number of nitrogens with zero attached hydrogens (tertiary/aromatic N) is 3. The summed E-state index contributed by atoms with van der Waals surface area (Å²) in [5.74, 6) is 1.02. The van der Waals surface area contributed by atoms with Gasteiger partial charge in [-0.3, -0.25) is 10.1 Å². The van der Waals surface area contributed by atoms with E-state index < -0.39 is 6.10 Å². The highest BCUT2D eigenvalue weighted by Gasteiger charge is 2.28. The number of halogens is 1. The topological polar surface area (TPSA) is 77.8 Å². The third-order valence-electron chi connectivity index (χ3n) is 4.26. The third kappa shape index (κ3) is 3.06. The van der Waals surface area contributed by atoms with E-state index in [0.29, 0.717) is 21.5 Å². The molecular weight excluding hydrogens is 400 g/mol. The first-order valence-corrected chi connectivity index (χ1v) is 9.73. The number of hydrogen-bond acceptors (Lipinski definition) is 6. The van der Waals surface area contributed by atoms with Crippen molar-refractivity contribution in [3.63, 3.8) is 0 Å². The van der Waals surface area contributed by atoms with Crippen molar-refractivity contribution in [1.82, 2.24) is 14.6 Å². The Kier molecular flexibility index (Phi) is 4.14. The fourth-order valence-electron chi connectivity index (χ4n) is 2.89. The minimum atomic E-state index is -0.771. The van der Waals surface area contributed by atoms with Crippen molar-refractivity contribution in [2.45, 2.75) is 6.10 Å². The van der Waals surface area contributed by atoms with Crippen molar-refractivity contribution in [3.05, 3.63) is 58.9 Å². The van der Waals surface area contributed by atoms with Gasteiger partial charge in [-0.05, 0) is 24.3 Å². The number of carbonyl (C=O) groups is 1. The normalized spacial score (nSPS) is 15.5. The predicted molar refractivity (Wildman–Crippen MR) is 106 cm³/mol. The number of fused-ring (bicyclic) bond motifs is 2. The molecule has 140 valence electrons. The van der Waals surface area contributed by atoms with Gasteiger partial charge < -0.3 is 9.47 Å². The van der Waals surface area contributed by atoms with Crippen LogP contribution >= 0.6 is 22.9 Å². The molecule has 28 heavy (non-hydrogen) atoms. The molecule has 0 spiro atoms. The zero-order valence-electron chi connectivity index (χ0n) is 14.3. The summed E-state index contributed by atoms with van der Waals surface area (Å²) in [5.41, 5.74) is 1.83. The van der Waals surface area contributed by atoms with Crippen molar-refractivity contribution in [1.29, 1.82) is 0 Å². The minimum absolute atomic E-state index is 0.126. The van der Waals surface area contributed by atoms with E-state index in [9.17, 15) is 4.79 Å². The van der Waals surface area contributed by atoms with E-state index >= 15 is 0 Å². The van der Waals surface area contributed by atoms with Gasteiger partial charge in [-0.2, -0.15) is 4.98 Å². The molecule has 1 unspecified atom stereocenters. The molecule has 0 radical (unpaired) electrons. The van der Waals surface area contributed by atoms with Crippen LogP contribution in [0.1, 0.15) is 0 Å². The summed E-state index contributed by atoms with van der Waals surface area (Å²) in [5, 5.41) is 9.73. The Morgan fingerprint density at radius 1 is 1.18 bits per heavy atom. The lowest BCUT2D eigenvalue weighted by Crippen LogP contribution is -2.40. The van der Waals surface area contributed by atoms with E-state index in [-0.39, 0.29) is 18.5 Å². The van der Waals surface area contributed by atoms with Crippen LogP contribution in [0, 0.1) is 0 Å². The molecule has 0 aliphatic carbocycles. The van der Waals surface area contributed by atoms with E-state index in [4.69, 9.17) is 21.1 Å². The lowest BCUT2D eigenvalue weighted by atomic mass is 10.2. The molecule has 0 saturated carbocycles. The van der Waals surface area contributed by atoms with Crippen LogP contribution in [0.2, 0.25) is 5.02 Å². The van der Waals surface area contributed by atoms with Crippen LogP contribution in [0.4, 0.5) is 5.95 Å². The molecule has 3 heterocycles. The predicted octanol–water partition coefficient (Wildman–Crippen LogP) is 3.89. The summed E-state index contributed by atoms with van der Waals surface area (Å²) in [4.78, 5) is 17.6. The van der Waals surface area contributed by atoms with Gasteiger partial charge in [0.05, 0.1) is 5.69 Å². The Morgan fingerprint density at radius 2 is 1.96 bits per heavy atom. The highest BCUT2D eigenvalue weighted by molar-refractivity contribution is 7.15. The first kappa shape index (κ1) is 17.0. The number of hydrogen-bond donors (Lipinski definition) is 1. The molecular formula is C19H13ClN4O3S. The number of para-hydroxylation sites is 2. The highest BCUT2D eigenvalue weighted by atomic mass is 35.5. The maximum Gasteiger partial charge on any atom is 0.271 e. The average Bonchev–Trinajstić information content (AvgIpc) is 3.28. The van der Waals surface area contributed by atoms with Crippen LogP contribution < -0.4 is 14.8 Å². The summed E-state index contributed by atoms with van der Waals surface area (Å²) in [6.07, 6.45) is -0.771. The van der Waals surface area contributed by atoms with Gasteiger partial charge >= 0.3 is 0 Å². The maximum absolute atomic E-state index is 12.6. The molecule has 2 aromatic heterocycles. The Balaban J connectivity index is 1.36. The van der Waals surface area contributed by atoms with Crippen molar-refractivity contribution in [2.24, 2.45) is 0 Å². The third-order valence-corrected chi connectivity index (χ3v) is 5.33. The van der Waals surface area contributed by atoms with Gasteiger partial charge in [-0.1, -0.05) is 35.9 Å². The summed E-state index contributed by atoms with van der Waals surface area (Å²) < 4.78 is 13.0. The SMILES string of the molecule is O=C(Nc1nc2scc(-c3ccc(Cl)cc3)n2n1)C1COc2ccccc2O1. The van der Waals surface area contributed by atoms with Gasteiger partial charge in [0, 0.05) is 16.0 Å². The Hall–Kier alpha value is -3.10. The molecule has 2 aromatic carbocycles. The first-order chi connectivity index (χ1) is 13.7. The second-order valence-corrected chi connectivity index (χ2v) is 7.38. The second-order valence-electron chi connectivity index (χ2n) is 6.11. The summed E-state index contributed by atoms with van der Waals surface area (Å²) >= 11 is 7.39. The van der Waals surface area contributed by atoms with Crippen LogP contribution in [-0.2, 0) is 4.79 Å². The summed E-state index contributed by atoms with van der Waals surface area (Å²) in [6.45, 7) is 0.126. The molecule has 9 heteroatoms. The lowest BCUT2D eigenvalue weighted by Gasteiger charge is -2.25. The van der Waals surface area contributed by atoms with Gasteiger partial charge in [0.2, 0.25) is 11.1 Å². The average molecular weight is 413 g/mol. The minimum Gasteiger partial charge on any atom is -0.485 e. The summed E-state index contributed by atoms with van der Waals surface area (Å²) in [7, 11) is 0. The van der Waals surface area contributed by atoms with E-state index in [1.54, 1.807) is 16.6 Å². The molecule has 5 rings (SSSR count). The number of anilines is 1. The number of amides is 1. The smallest absolute Gasteiger partial charge is 0.271 e. The van der Waals surface area contributed by atoms with Gasteiger partial charge in [0.1, 0.15) is 6.61 Å². The van der Waals surface area contributed by atoms with Gasteiger partial charge in [-0.25, -0.2) is 4.52 Å². The fourth-order valence-corrected chi connectivity index (χ4v) is 3.85. The molecule has 1 amide bonds. The number of thiazole rings is 1. The number of carbonyl (C=O) groups excluding carboxylic acids is 1. The van der Waals surface area contributed by atoms with Crippen LogP contribution in [0.3, 0.4) is 0 Å². The maximum atomic E-state index is 12.6. The molecule has 0 saturated heterocycles. The van der Waals surface area contributed by atoms with Crippen molar-refractivity contribution in [3.8, 4) is 22.8 Å². The quantitative estimate of drug-likeness (QED) is 0.552. The number of nitrogens with one attached hydrogen (secondary N) is 1. The first-order valence-electron chi connectivity index (χ1n) is 8.47. The van der Waals surface area contributed by atoms with Crippen LogP contribution in [0.15, 0.2) is 53.9 Å². The number of aromatic nitrogens is 3. The number of rotatable bonds is 3. The van der Waals surface area contributed by atoms with Crippen molar-refractivity contribution in [2.75, 3.05) is 11.9 Å². The van der Waals surface area contributed by atoms with Gasteiger partial charge in [0.25, 0.3) is 11.9 Å². The van der Waals surface area contributed by atoms with Crippen LogP contribution in [-0.4, -0.2) is 33.2 Å². The summed E-state index contributed by atoms with van der Waals surface area (Å²) in [6, 6.07) is 14.7. The van der Waals surface area contributed by atoms with E-state index in [1.165, 1.54) is 11.3 Å². The van der Waals surface area contributed by atoms with E-state index in [0.717, 1.165) is 11.3 Å². The molecule has 7 nitrogen and oxygen atoms in total. The lowest BCUT2D eigenvalue weighted by molar-refractivity contribution is -0.125. The monoisotopic (exact) mass is 412 g/mol. The molecule has 1 N–H and O–H groups in total. The zero-order chi connectivity index (χ0) is 19.1. The number of benzene rings is 2. The fraction of sp³-hybridized carbons (Fsp3) is 0.105. The number of ether oxygens (including phenoxy) is 2. The standard InChI is InChI=1S/C19H13ClN4O3S/c20-12-7-5-11(6-8-12)13-10-28-19-22-18(23-24(13)19)21-17(25)16-9-26-14-3-1-2-4-15(14)27-16/h1-8,10,16H,9H2,(H,21,23,25). The van der Waals surface area contributed by atoms with Crippen LogP contribution in [0.25, 0.3) is 16.2 Å². The molecule has 1 atom stereocenters. The molecule has 0 bridgehead atoms. The highest BCUT2D eigenvalue weighted by Crippen LogP contribution is 2.31. The second kappa shape index (κ2) is 6.81. The Bertz CT molecular complexity index is 1170. The molecule has 1 aliphatic heterocycles. The zero-order valence-corrected chi connectivity index (χ0v) is 15.9. The van der Waals surface area contributed by atoms with Crippen LogP contribution in [0.5, 0.6) is 11.5 Å².